The van der Waals surface area contributed by atoms with Crippen molar-refractivity contribution in [2.75, 3.05) is 6.61 Å². The lowest BCUT2D eigenvalue weighted by molar-refractivity contribution is -0.0341. The minimum Gasteiger partial charge on any atom is -0.394 e. The fourth-order valence-electron chi connectivity index (χ4n) is 1.85. The number of ether oxygens (including phenoxy) is 1. The molecule has 0 saturated carbocycles. The maximum atomic E-state index is 9.59. The minimum absolute atomic E-state index is 0.0807. The maximum Gasteiger partial charge on any atom is 0.107 e. The second-order valence-corrected chi connectivity index (χ2v) is 3.92. The molecule has 3 heteroatoms. The van der Waals surface area contributed by atoms with Crippen LogP contribution in [0.5, 0.6) is 0 Å². The molecule has 1 aliphatic heterocycles. The van der Waals surface area contributed by atoms with Crippen LogP contribution in [0.1, 0.15) is 20.8 Å². The average molecular weight is 174 g/mol. The van der Waals surface area contributed by atoms with Gasteiger partial charge in [0.1, 0.15) is 6.10 Å². The molecule has 0 aromatic carbocycles. The molecule has 2 N–H and O–H groups in total. The van der Waals surface area contributed by atoms with Gasteiger partial charge in [0.2, 0.25) is 0 Å². The van der Waals surface area contributed by atoms with Gasteiger partial charge in [0, 0.05) is 5.92 Å². The fraction of sp³-hybridized carbons (Fsp3) is 1.00. The van der Waals surface area contributed by atoms with E-state index in [-0.39, 0.29) is 24.7 Å². The van der Waals surface area contributed by atoms with E-state index in [1.165, 1.54) is 0 Å². The first kappa shape index (κ1) is 9.96. The molecule has 0 amide bonds. The van der Waals surface area contributed by atoms with E-state index in [1.807, 2.05) is 6.92 Å². The Morgan fingerprint density at radius 3 is 2.25 bits per heavy atom. The molecule has 4 atom stereocenters. The van der Waals surface area contributed by atoms with Crippen LogP contribution >= 0.6 is 0 Å². The summed E-state index contributed by atoms with van der Waals surface area (Å²) in [6.07, 6.45) is -0.813. The Morgan fingerprint density at radius 1 is 1.42 bits per heavy atom. The van der Waals surface area contributed by atoms with Crippen molar-refractivity contribution in [1.82, 2.24) is 0 Å². The zero-order valence-corrected chi connectivity index (χ0v) is 7.90. The minimum atomic E-state index is -0.512. The molecular formula is C9H18O3. The fourth-order valence-corrected chi connectivity index (χ4v) is 1.85. The Labute approximate surface area is 73.4 Å². The van der Waals surface area contributed by atoms with Crippen molar-refractivity contribution in [3.05, 3.63) is 0 Å². The van der Waals surface area contributed by atoms with E-state index in [1.54, 1.807) is 0 Å². The maximum absolute atomic E-state index is 9.59. The quantitative estimate of drug-likeness (QED) is 0.637. The van der Waals surface area contributed by atoms with Crippen molar-refractivity contribution in [2.24, 2.45) is 11.8 Å². The Hall–Kier alpha value is -0.120. The Balaban J connectivity index is 2.60. The van der Waals surface area contributed by atoms with E-state index in [2.05, 4.69) is 13.8 Å². The monoisotopic (exact) mass is 174 g/mol. The van der Waals surface area contributed by atoms with E-state index in [4.69, 9.17) is 9.84 Å². The van der Waals surface area contributed by atoms with Gasteiger partial charge in [-0.2, -0.15) is 0 Å². The van der Waals surface area contributed by atoms with Crippen molar-refractivity contribution in [2.45, 2.75) is 39.1 Å². The topological polar surface area (TPSA) is 49.7 Å². The molecule has 0 spiro atoms. The van der Waals surface area contributed by atoms with Crippen LogP contribution < -0.4 is 0 Å². The number of rotatable bonds is 2. The average Bonchev–Trinajstić information content (AvgIpc) is 2.30. The van der Waals surface area contributed by atoms with Crippen LogP contribution in [0.15, 0.2) is 0 Å². The van der Waals surface area contributed by atoms with Crippen LogP contribution in [0.25, 0.3) is 0 Å². The molecule has 1 heterocycles. The highest BCUT2D eigenvalue weighted by Crippen LogP contribution is 2.30. The van der Waals surface area contributed by atoms with Gasteiger partial charge in [0.15, 0.2) is 0 Å². The summed E-state index contributed by atoms with van der Waals surface area (Å²) in [4.78, 5) is 0. The number of aliphatic hydroxyl groups is 2. The van der Waals surface area contributed by atoms with E-state index >= 15 is 0 Å². The van der Waals surface area contributed by atoms with Crippen molar-refractivity contribution >= 4 is 0 Å². The van der Waals surface area contributed by atoms with Gasteiger partial charge < -0.3 is 14.9 Å². The molecule has 72 valence electrons. The molecule has 0 aliphatic carbocycles. The summed E-state index contributed by atoms with van der Waals surface area (Å²) in [5, 5.41) is 18.5. The standard InChI is InChI=1S/C9H18O3/c1-5(2)9-6(3)8(11)7(4-10)12-9/h5-11H,4H2,1-3H3/t6?,7-,8-,9+/m1/s1. The molecule has 0 aromatic heterocycles. The zero-order chi connectivity index (χ0) is 9.30. The van der Waals surface area contributed by atoms with Crippen molar-refractivity contribution < 1.29 is 14.9 Å². The molecule has 12 heavy (non-hydrogen) atoms. The molecule has 0 radical (unpaired) electrons. The molecule has 1 unspecified atom stereocenters. The Morgan fingerprint density at radius 2 is 2.00 bits per heavy atom. The molecule has 1 rings (SSSR count). The first-order chi connectivity index (χ1) is 5.57. The third kappa shape index (κ3) is 1.63. The zero-order valence-electron chi connectivity index (χ0n) is 7.90. The molecule has 1 saturated heterocycles. The Bertz CT molecular complexity index is 147. The molecular weight excluding hydrogens is 156 g/mol. The van der Waals surface area contributed by atoms with Gasteiger partial charge in [-0.1, -0.05) is 20.8 Å². The van der Waals surface area contributed by atoms with Gasteiger partial charge in [-0.15, -0.1) is 0 Å². The van der Waals surface area contributed by atoms with Gasteiger partial charge in [-0.25, -0.2) is 0 Å². The highest BCUT2D eigenvalue weighted by atomic mass is 16.5. The summed E-state index contributed by atoms with van der Waals surface area (Å²) in [6, 6.07) is 0. The number of hydrogen-bond donors (Lipinski definition) is 2. The molecule has 3 nitrogen and oxygen atoms in total. The lowest BCUT2D eigenvalue weighted by atomic mass is 9.92. The van der Waals surface area contributed by atoms with Crippen LogP contribution in [0.4, 0.5) is 0 Å². The summed E-state index contributed by atoms with van der Waals surface area (Å²) in [6.45, 7) is 6.00. The first-order valence-electron chi connectivity index (χ1n) is 4.52. The summed E-state index contributed by atoms with van der Waals surface area (Å²) in [7, 11) is 0. The second-order valence-electron chi connectivity index (χ2n) is 3.92. The SMILES string of the molecule is CC(C)[C@@H]1O[C@H](CO)[C@H](O)C1C. The highest BCUT2D eigenvalue weighted by Gasteiger charge is 2.41. The summed E-state index contributed by atoms with van der Waals surface area (Å²) >= 11 is 0. The van der Waals surface area contributed by atoms with E-state index in [0.29, 0.717) is 5.92 Å². The summed E-state index contributed by atoms with van der Waals surface area (Å²) in [5.74, 6) is 0.522. The molecule has 0 aromatic rings. The lowest BCUT2D eigenvalue weighted by Crippen LogP contribution is -2.28. The largest absolute Gasteiger partial charge is 0.394 e. The van der Waals surface area contributed by atoms with Gasteiger partial charge in [-0.05, 0) is 5.92 Å². The summed E-state index contributed by atoms with van der Waals surface area (Å²) in [5.41, 5.74) is 0. The van der Waals surface area contributed by atoms with E-state index in [0.717, 1.165) is 0 Å². The van der Waals surface area contributed by atoms with E-state index in [9.17, 15) is 5.11 Å². The van der Waals surface area contributed by atoms with E-state index < -0.39 is 6.10 Å². The van der Waals surface area contributed by atoms with Crippen molar-refractivity contribution in [3.8, 4) is 0 Å². The van der Waals surface area contributed by atoms with Gasteiger partial charge >= 0.3 is 0 Å². The highest BCUT2D eigenvalue weighted by molar-refractivity contribution is 4.88. The van der Waals surface area contributed by atoms with Crippen LogP contribution in [0.2, 0.25) is 0 Å². The van der Waals surface area contributed by atoms with Gasteiger partial charge in [0.25, 0.3) is 0 Å². The number of hydrogen-bond acceptors (Lipinski definition) is 3. The molecule has 1 fully saturated rings. The summed E-state index contributed by atoms with van der Waals surface area (Å²) < 4.78 is 5.50. The van der Waals surface area contributed by atoms with Crippen molar-refractivity contribution in [1.29, 1.82) is 0 Å². The predicted octanol–water partition coefficient (Wildman–Crippen LogP) is 0.399. The predicted molar refractivity (Wildman–Crippen MR) is 45.8 cm³/mol. The molecule has 1 aliphatic rings. The van der Waals surface area contributed by atoms with Gasteiger partial charge in [0.05, 0.1) is 18.8 Å². The smallest absolute Gasteiger partial charge is 0.107 e. The first-order valence-corrected chi connectivity index (χ1v) is 4.52. The van der Waals surface area contributed by atoms with Crippen LogP contribution in [-0.2, 0) is 4.74 Å². The third-order valence-corrected chi connectivity index (χ3v) is 2.61. The second kappa shape index (κ2) is 3.73. The van der Waals surface area contributed by atoms with Gasteiger partial charge in [-0.3, -0.25) is 0 Å². The van der Waals surface area contributed by atoms with Crippen LogP contribution in [-0.4, -0.2) is 35.1 Å². The third-order valence-electron chi connectivity index (χ3n) is 2.61. The van der Waals surface area contributed by atoms with Crippen LogP contribution in [0, 0.1) is 11.8 Å². The van der Waals surface area contributed by atoms with Crippen LogP contribution in [0.3, 0.4) is 0 Å². The molecule has 0 bridgehead atoms. The number of aliphatic hydroxyl groups excluding tert-OH is 2. The normalized spacial score (nSPS) is 42.5. The lowest BCUT2D eigenvalue weighted by Gasteiger charge is -2.18. The van der Waals surface area contributed by atoms with Crippen molar-refractivity contribution in [3.63, 3.8) is 0 Å². The Kier molecular flexibility index (Phi) is 3.09.